The quantitative estimate of drug-likeness (QED) is 0.846. The van der Waals surface area contributed by atoms with Crippen LogP contribution >= 0.6 is 15.9 Å². The predicted octanol–water partition coefficient (Wildman–Crippen LogP) is 3.77. The normalized spacial score (nSPS) is 22.1. The van der Waals surface area contributed by atoms with Crippen molar-refractivity contribution >= 4 is 21.7 Å². The second-order valence-corrected chi connectivity index (χ2v) is 6.48. The summed E-state index contributed by atoms with van der Waals surface area (Å²) >= 11 is 3.43. The van der Waals surface area contributed by atoms with Crippen LogP contribution in [0.2, 0.25) is 0 Å². The summed E-state index contributed by atoms with van der Waals surface area (Å²) in [6.45, 7) is 2.12. The van der Waals surface area contributed by atoms with Crippen LogP contribution in [-0.4, -0.2) is 30.3 Å². The maximum Gasteiger partial charge on any atom is 0.128 e. The third-order valence-electron chi connectivity index (χ3n) is 4.16. The van der Waals surface area contributed by atoms with Crippen molar-refractivity contribution in [2.75, 3.05) is 18.0 Å². The number of piperidine rings is 1. The number of aromatic nitrogens is 1. The molecule has 3 rings (SSSR count). The fourth-order valence-corrected chi connectivity index (χ4v) is 3.31. The van der Waals surface area contributed by atoms with E-state index in [1.165, 1.54) is 25.7 Å². The van der Waals surface area contributed by atoms with Crippen molar-refractivity contribution in [1.82, 2.24) is 4.98 Å². The lowest BCUT2D eigenvalue weighted by atomic mass is 10.1. The van der Waals surface area contributed by atoms with Gasteiger partial charge in [0.05, 0.1) is 12.2 Å². The summed E-state index contributed by atoms with van der Waals surface area (Å²) in [6, 6.07) is 4.14. The first-order chi connectivity index (χ1) is 9.31. The summed E-state index contributed by atoms with van der Waals surface area (Å²) in [5.74, 6) is 1.09. The molecule has 1 aromatic rings. The molecule has 1 aromatic heterocycles. The number of ether oxygens (including phenoxy) is 1. The number of hydrogen-bond donors (Lipinski definition) is 0. The second-order valence-electron chi connectivity index (χ2n) is 5.56. The van der Waals surface area contributed by atoms with Gasteiger partial charge in [0.25, 0.3) is 0 Å². The number of anilines is 1. The lowest BCUT2D eigenvalue weighted by molar-refractivity contribution is -0.0195. The van der Waals surface area contributed by atoms with Crippen LogP contribution in [0.1, 0.15) is 38.5 Å². The zero-order valence-electron chi connectivity index (χ0n) is 11.2. The molecule has 1 aliphatic heterocycles. The van der Waals surface area contributed by atoms with E-state index in [0.717, 1.165) is 36.2 Å². The summed E-state index contributed by atoms with van der Waals surface area (Å²) in [5, 5.41) is 0. The third kappa shape index (κ3) is 3.48. The second kappa shape index (κ2) is 6.23. The Bertz CT molecular complexity index is 395. The van der Waals surface area contributed by atoms with E-state index in [1.54, 1.807) is 0 Å². The lowest BCUT2D eigenvalue weighted by Gasteiger charge is -2.34. The Morgan fingerprint density at radius 2 is 1.74 bits per heavy atom. The number of rotatable bonds is 3. The van der Waals surface area contributed by atoms with Crippen molar-refractivity contribution in [1.29, 1.82) is 0 Å². The van der Waals surface area contributed by atoms with Gasteiger partial charge in [-0.15, -0.1) is 0 Å². The summed E-state index contributed by atoms with van der Waals surface area (Å²) in [6.07, 6.45) is 10.4. The fraction of sp³-hybridized carbons (Fsp3) is 0.667. The lowest BCUT2D eigenvalue weighted by Crippen LogP contribution is -2.38. The number of nitrogens with zero attached hydrogens (tertiary/aromatic N) is 2. The predicted molar refractivity (Wildman–Crippen MR) is 80.5 cm³/mol. The molecule has 0 aromatic carbocycles. The van der Waals surface area contributed by atoms with Gasteiger partial charge in [0.15, 0.2) is 0 Å². The summed E-state index contributed by atoms with van der Waals surface area (Å²) < 4.78 is 7.24. The number of halogens is 1. The first-order valence-corrected chi connectivity index (χ1v) is 8.12. The van der Waals surface area contributed by atoms with E-state index in [9.17, 15) is 0 Å². The monoisotopic (exact) mass is 324 g/mol. The highest BCUT2D eigenvalue weighted by Gasteiger charge is 2.25. The molecule has 0 unspecified atom stereocenters. The van der Waals surface area contributed by atoms with Gasteiger partial charge in [0.1, 0.15) is 5.82 Å². The van der Waals surface area contributed by atoms with E-state index in [4.69, 9.17) is 4.74 Å². The summed E-state index contributed by atoms with van der Waals surface area (Å²) in [7, 11) is 0. The summed E-state index contributed by atoms with van der Waals surface area (Å²) in [4.78, 5) is 6.83. The van der Waals surface area contributed by atoms with E-state index in [1.807, 2.05) is 6.20 Å². The Morgan fingerprint density at radius 3 is 2.37 bits per heavy atom. The van der Waals surface area contributed by atoms with E-state index in [2.05, 4.69) is 37.9 Å². The van der Waals surface area contributed by atoms with Crippen LogP contribution in [0.25, 0.3) is 0 Å². The highest BCUT2D eigenvalue weighted by Crippen LogP contribution is 2.26. The van der Waals surface area contributed by atoms with Gasteiger partial charge in [-0.25, -0.2) is 4.98 Å². The van der Waals surface area contributed by atoms with Crippen molar-refractivity contribution in [2.24, 2.45) is 0 Å². The Labute approximate surface area is 123 Å². The maximum absolute atomic E-state index is 6.20. The molecule has 2 heterocycles. The largest absolute Gasteiger partial charge is 0.375 e. The smallest absolute Gasteiger partial charge is 0.128 e. The molecule has 4 heteroatoms. The first-order valence-electron chi connectivity index (χ1n) is 7.33. The van der Waals surface area contributed by atoms with Gasteiger partial charge in [-0.2, -0.15) is 0 Å². The molecule has 0 bridgehead atoms. The highest BCUT2D eigenvalue weighted by molar-refractivity contribution is 9.10. The third-order valence-corrected chi connectivity index (χ3v) is 4.63. The van der Waals surface area contributed by atoms with Gasteiger partial charge < -0.3 is 9.64 Å². The van der Waals surface area contributed by atoms with Crippen LogP contribution in [-0.2, 0) is 4.74 Å². The van der Waals surface area contributed by atoms with Gasteiger partial charge in [-0.1, -0.05) is 12.8 Å². The van der Waals surface area contributed by atoms with Crippen molar-refractivity contribution < 1.29 is 4.74 Å². The van der Waals surface area contributed by atoms with Gasteiger partial charge in [0.2, 0.25) is 0 Å². The Kier molecular flexibility index (Phi) is 4.38. The van der Waals surface area contributed by atoms with Gasteiger partial charge in [0, 0.05) is 23.8 Å². The molecule has 2 fully saturated rings. The average Bonchev–Trinajstić information content (AvgIpc) is 2.94. The topological polar surface area (TPSA) is 25.4 Å². The van der Waals surface area contributed by atoms with E-state index < -0.39 is 0 Å². The number of pyridine rings is 1. The molecule has 0 radical (unpaired) electrons. The van der Waals surface area contributed by atoms with Crippen molar-refractivity contribution in [3.63, 3.8) is 0 Å². The van der Waals surface area contributed by atoms with Crippen LogP contribution in [0.5, 0.6) is 0 Å². The molecule has 1 aliphatic carbocycles. The minimum Gasteiger partial charge on any atom is -0.375 e. The molecular weight excluding hydrogens is 304 g/mol. The number of hydrogen-bond acceptors (Lipinski definition) is 3. The summed E-state index contributed by atoms with van der Waals surface area (Å²) in [5.41, 5.74) is 0. The van der Waals surface area contributed by atoms with Crippen LogP contribution < -0.4 is 4.90 Å². The minimum absolute atomic E-state index is 0.467. The molecule has 1 saturated carbocycles. The van der Waals surface area contributed by atoms with Crippen molar-refractivity contribution in [3.8, 4) is 0 Å². The molecule has 104 valence electrons. The SMILES string of the molecule is Brc1ccc(N2CCC(OC3CCCC3)CC2)nc1. The molecule has 0 amide bonds. The van der Waals surface area contributed by atoms with Gasteiger partial charge in [-0.05, 0) is 53.7 Å². The fourth-order valence-electron chi connectivity index (χ4n) is 3.07. The van der Waals surface area contributed by atoms with Crippen LogP contribution in [0.4, 0.5) is 5.82 Å². The molecule has 0 spiro atoms. The average molecular weight is 325 g/mol. The Hall–Kier alpha value is -0.610. The molecule has 0 atom stereocenters. The van der Waals surface area contributed by atoms with Crippen molar-refractivity contribution in [2.45, 2.75) is 50.7 Å². The van der Waals surface area contributed by atoms with E-state index in [0.29, 0.717) is 12.2 Å². The Balaban J connectivity index is 1.50. The molecular formula is C15H21BrN2O. The van der Waals surface area contributed by atoms with Crippen LogP contribution in [0, 0.1) is 0 Å². The molecule has 0 N–H and O–H groups in total. The van der Waals surface area contributed by atoms with E-state index in [-0.39, 0.29) is 0 Å². The molecule has 1 saturated heterocycles. The molecule has 3 nitrogen and oxygen atoms in total. The van der Waals surface area contributed by atoms with E-state index >= 15 is 0 Å². The van der Waals surface area contributed by atoms with Gasteiger partial charge >= 0.3 is 0 Å². The zero-order valence-corrected chi connectivity index (χ0v) is 12.8. The zero-order chi connectivity index (χ0) is 13.1. The van der Waals surface area contributed by atoms with Crippen LogP contribution in [0.3, 0.4) is 0 Å². The molecule has 19 heavy (non-hydrogen) atoms. The van der Waals surface area contributed by atoms with Gasteiger partial charge in [-0.3, -0.25) is 0 Å². The van der Waals surface area contributed by atoms with Crippen molar-refractivity contribution in [3.05, 3.63) is 22.8 Å². The minimum atomic E-state index is 0.467. The molecule has 2 aliphatic rings. The maximum atomic E-state index is 6.20. The Morgan fingerprint density at radius 1 is 1.05 bits per heavy atom. The first kappa shape index (κ1) is 13.4. The standard InChI is InChI=1S/C15H21BrN2O/c16-12-5-6-15(17-11-12)18-9-7-14(8-10-18)19-13-3-1-2-4-13/h5-6,11,13-14H,1-4,7-10H2. The van der Waals surface area contributed by atoms with Crippen LogP contribution in [0.15, 0.2) is 22.8 Å². The highest BCUT2D eigenvalue weighted by atomic mass is 79.9.